The highest BCUT2D eigenvalue weighted by Gasteiger charge is 2.38. The number of nitrogens with one attached hydrogen (secondary N) is 1. The van der Waals surface area contributed by atoms with E-state index in [2.05, 4.69) is 20.3 Å². The Bertz CT molecular complexity index is 1190. The van der Waals surface area contributed by atoms with Crippen LogP contribution in [0.2, 0.25) is 0 Å². The van der Waals surface area contributed by atoms with Crippen molar-refractivity contribution in [1.29, 1.82) is 0 Å². The molecule has 10 nitrogen and oxygen atoms in total. The molecule has 3 aromatic heterocycles. The number of carbonyl (C=O) groups is 1. The summed E-state index contributed by atoms with van der Waals surface area (Å²) in [5.74, 6) is -2.37. The van der Waals surface area contributed by atoms with Crippen molar-refractivity contribution in [3.05, 3.63) is 58.7 Å². The van der Waals surface area contributed by atoms with Crippen molar-refractivity contribution in [2.75, 3.05) is 6.54 Å². The van der Waals surface area contributed by atoms with E-state index in [0.29, 0.717) is 0 Å². The Hall–Kier alpha value is -3.88. The Balaban J connectivity index is 0.000000479. The highest BCUT2D eigenvalue weighted by atomic mass is 19.4. The maximum absolute atomic E-state index is 12.9. The zero-order valence-electron chi connectivity index (χ0n) is 17.0. The molecule has 0 aromatic carbocycles. The molecule has 0 aliphatic carbocycles. The summed E-state index contributed by atoms with van der Waals surface area (Å²) in [7, 11) is 0. The molecule has 0 saturated heterocycles. The van der Waals surface area contributed by atoms with Gasteiger partial charge in [-0.25, -0.2) is 24.2 Å². The van der Waals surface area contributed by atoms with Crippen molar-refractivity contribution in [2.24, 2.45) is 5.73 Å². The predicted molar refractivity (Wildman–Crippen MR) is 105 cm³/mol. The second kappa shape index (κ2) is 10.6. The zero-order valence-corrected chi connectivity index (χ0v) is 17.0. The monoisotopic (exact) mass is 475 g/mol. The van der Waals surface area contributed by atoms with E-state index < -0.39 is 23.9 Å². The molecule has 4 N–H and O–H groups in total. The van der Waals surface area contributed by atoms with Crippen LogP contribution in [-0.2, 0) is 17.8 Å². The van der Waals surface area contributed by atoms with Crippen LogP contribution >= 0.6 is 0 Å². The zero-order chi connectivity index (χ0) is 24.8. The maximum Gasteiger partial charge on any atom is 0.490 e. The SMILES string of the molecule is CCn1cc(-c2ccnc(-n3c(CC(CN)=C(F)F)n[nH]c3=O)c2)cn1.O=C(O)C(F)(F)F. The number of pyridine rings is 1. The summed E-state index contributed by atoms with van der Waals surface area (Å²) in [4.78, 5) is 25.2. The molecule has 0 aliphatic heterocycles. The van der Waals surface area contributed by atoms with Gasteiger partial charge in [-0.3, -0.25) is 4.68 Å². The fourth-order valence-electron chi connectivity index (χ4n) is 2.50. The number of alkyl halides is 3. The van der Waals surface area contributed by atoms with Crippen molar-refractivity contribution >= 4 is 5.97 Å². The molecule has 178 valence electrons. The molecule has 3 aromatic rings. The van der Waals surface area contributed by atoms with Crippen LogP contribution in [0.3, 0.4) is 0 Å². The van der Waals surface area contributed by atoms with Gasteiger partial charge in [-0.05, 0) is 24.6 Å². The van der Waals surface area contributed by atoms with Gasteiger partial charge in [0.15, 0.2) is 0 Å². The van der Waals surface area contributed by atoms with Gasteiger partial charge >= 0.3 is 17.8 Å². The van der Waals surface area contributed by atoms with Crippen molar-refractivity contribution in [3.63, 3.8) is 0 Å². The lowest BCUT2D eigenvalue weighted by atomic mass is 10.1. The summed E-state index contributed by atoms with van der Waals surface area (Å²) in [6, 6.07) is 3.45. The first-order valence-electron chi connectivity index (χ1n) is 9.16. The van der Waals surface area contributed by atoms with Gasteiger partial charge in [-0.15, -0.1) is 0 Å². The number of carboxylic acid groups (broad SMARTS) is 1. The number of rotatable bonds is 6. The Morgan fingerprint density at radius 1 is 1.27 bits per heavy atom. The van der Waals surface area contributed by atoms with Crippen LogP contribution in [0.5, 0.6) is 0 Å². The number of hydrogen-bond acceptors (Lipinski definition) is 6. The Labute approximate surface area is 182 Å². The minimum atomic E-state index is -5.08. The summed E-state index contributed by atoms with van der Waals surface area (Å²) in [6.45, 7) is 2.37. The van der Waals surface area contributed by atoms with Gasteiger partial charge in [0.2, 0.25) is 0 Å². The third kappa shape index (κ3) is 6.55. The number of halogens is 5. The normalized spacial score (nSPS) is 11.0. The van der Waals surface area contributed by atoms with E-state index in [4.69, 9.17) is 15.6 Å². The molecule has 0 saturated carbocycles. The smallest absolute Gasteiger partial charge is 0.475 e. The summed E-state index contributed by atoms with van der Waals surface area (Å²) in [5.41, 5.74) is 6.14. The number of nitrogens with zero attached hydrogens (tertiary/aromatic N) is 5. The fraction of sp³-hybridized carbons (Fsp3) is 0.278. The molecule has 0 radical (unpaired) electrons. The molecular formula is C18H18F5N7O3. The molecule has 3 rings (SSSR count). The minimum Gasteiger partial charge on any atom is -0.475 e. The number of hydrogen-bond donors (Lipinski definition) is 3. The maximum atomic E-state index is 12.9. The predicted octanol–water partition coefficient (Wildman–Crippen LogP) is 2.12. The Morgan fingerprint density at radius 3 is 2.45 bits per heavy atom. The molecule has 0 aliphatic rings. The Morgan fingerprint density at radius 2 is 1.94 bits per heavy atom. The first-order valence-corrected chi connectivity index (χ1v) is 9.16. The number of carboxylic acids is 1. The van der Waals surface area contributed by atoms with Gasteiger partial charge in [0.25, 0.3) is 6.08 Å². The van der Waals surface area contributed by atoms with Crippen molar-refractivity contribution in [3.8, 4) is 16.9 Å². The van der Waals surface area contributed by atoms with Gasteiger partial charge < -0.3 is 10.8 Å². The lowest BCUT2D eigenvalue weighted by Crippen LogP contribution is -2.21. The summed E-state index contributed by atoms with van der Waals surface area (Å²) < 4.78 is 60.5. The average Bonchev–Trinajstić information content (AvgIpc) is 3.38. The number of H-pyrrole nitrogens is 1. The van der Waals surface area contributed by atoms with Gasteiger partial charge in [-0.2, -0.15) is 32.1 Å². The number of nitrogens with two attached hydrogens (primary N) is 1. The highest BCUT2D eigenvalue weighted by Crippen LogP contribution is 2.21. The summed E-state index contributed by atoms with van der Waals surface area (Å²) in [5, 5.41) is 17.4. The van der Waals surface area contributed by atoms with E-state index >= 15 is 0 Å². The number of aryl methyl sites for hydroxylation is 1. The van der Waals surface area contributed by atoms with E-state index in [1.807, 2.05) is 13.1 Å². The van der Waals surface area contributed by atoms with E-state index in [1.54, 1.807) is 23.0 Å². The molecule has 33 heavy (non-hydrogen) atoms. The first-order chi connectivity index (χ1) is 15.5. The van der Waals surface area contributed by atoms with Gasteiger partial charge in [-0.1, -0.05) is 0 Å². The highest BCUT2D eigenvalue weighted by molar-refractivity contribution is 5.73. The largest absolute Gasteiger partial charge is 0.490 e. The second-order valence-corrected chi connectivity index (χ2v) is 6.32. The van der Waals surface area contributed by atoms with Crippen LogP contribution in [0.15, 0.2) is 47.2 Å². The standard InChI is InChI=1S/C16H17F2N7O.C2HF3O2/c1-2-24-9-12(8-21-24)10-3-4-20-13(5-10)25-14(22-23-16(25)26)6-11(7-19)15(17)18;3-2(4,5)1(6)7/h3-5,8-9H,2,6-7,19H2,1H3,(H,23,26);(H,6,7). The Kier molecular flexibility index (Phi) is 8.17. The van der Waals surface area contributed by atoms with Crippen LogP contribution in [-0.4, -0.2) is 53.3 Å². The van der Waals surface area contributed by atoms with Crippen molar-refractivity contribution < 1.29 is 31.9 Å². The average molecular weight is 475 g/mol. The molecule has 0 spiro atoms. The van der Waals surface area contributed by atoms with Crippen molar-refractivity contribution in [1.82, 2.24) is 29.5 Å². The summed E-state index contributed by atoms with van der Waals surface area (Å²) in [6.07, 6.45) is -2.10. The van der Waals surface area contributed by atoms with E-state index in [1.165, 1.54) is 6.20 Å². The second-order valence-electron chi connectivity index (χ2n) is 6.32. The van der Waals surface area contributed by atoms with Crippen LogP contribution in [0.4, 0.5) is 22.0 Å². The first kappa shape index (κ1) is 25.4. The fourth-order valence-corrected chi connectivity index (χ4v) is 2.50. The van der Waals surface area contributed by atoms with Gasteiger partial charge in [0, 0.05) is 43.0 Å². The van der Waals surface area contributed by atoms with Crippen molar-refractivity contribution in [2.45, 2.75) is 26.1 Å². The topological polar surface area (TPSA) is 145 Å². The number of aliphatic carboxylic acids is 1. The van der Waals surface area contributed by atoms with Crippen LogP contribution in [0, 0.1) is 0 Å². The molecule has 15 heteroatoms. The van der Waals surface area contributed by atoms with E-state index in [-0.39, 0.29) is 30.2 Å². The van der Waals surface area contributed by atoms with E-state index in [0.717, 1.165) is 22.2 Å². The van der Waals surface area contributed by atoms with Gasteiger partial charge in [0.05, 0.1) is 6.20 Å². The summed E-state index contributed by atoms with van der Waals surface area (Å²) >= 11 is 0. The molecule has 0 bridgehead atoms. The quantitative estimate of drug-likeness (QED) is 0.463. The minimum absolute atomic E-state index is 0.108. The van der Waals surface area contributed by atoms with Crippen LogP contribution in [0.25, 0.3) is 16.9 Å². The lowest BCUT2D eigenvalue weighted by Gasteiger charge is -2.07. The molecule has 0 amide bonds. The molecule has 0 unspecified atom stereocenters. The van der Waals surface area contributed by atoms with E-state index in [9.17, 15) is 26.7 Å². The molecule has 0 fully saturated rings. The molecular weight excluding hydrogens is 457 g/mol. The molecule has 3 heterocycles. The third-order valence-corrected chi connectivity index (χ3v) is 4.13. The van der Waals surface area contributed by atoms with Crippen LogP contribution in [0.1, 0.15) is 12.7 Å². The number of aromatic nitrogens is 6. The van der Waals surface area contributed by atoms with Crippen LogP contribution < -0.4 is 11.4 Å². The molecule has 0 atom stereocenters. The third-order valence-electron chi connectivity index (χ3n) is 4.13. The lowest BCUT2D eigenvalue weighted by molar-refractivity contribution is -0.192. The van der Waals surface area contributed by atoms with Gasteiger partial charge in [0.1, 0.15) is 11.6 Å². The number of aromatic amines is 1.